The maximum atomic E-state index is 15.5. The van der Waals surface area contributed by atoms with Crippen LogP contribution in [0.15, 0.2) is 47.4 Å². The summed E-state index contributed by atoms with van der Waals surface area (Å²) in [4.78, 5) is 55.1. The third-order valence-corrected chi connectivity index (χ3v) is 9.68. The lowest BCUT2D eigenvalue weighted by molar-refractivity contribution is -0.120. The van der Waals surface area contributed by atoms with Crippen LogP contribution in [-0.2, 0) is 17.9 Å². The number of nitrogens with zero attached hydrogens (tertiary/aromatic N) is 2. The highest BCUT2D eigenvalue weighted by Crippen LogP contribution is 2.34. The van der Waals surface area contributed by atoms with Crippen LogP contribution in [0, 0.1) is 26.6 Å². The van der Waals surface area contributed by atoms with Gasteiger partial charge in [-0.3, -0.25) is 14.4 Å². The van der Waals surface area contributed by atoms with Crippen LogP contribution in [0.3, 0.4) is 0 Å². The Morgan fingerprint density at radius 2 is 1.77 bits per heavy atom. The Morgan fingerprint density at radius 3 is 2.43 bits per heavy atom. The Bertz CT molecular complexity index is 1970. The number of halogens is 1. The van der Waals surface area contributed by atoms with Crippen LogP contribution in [0.5, 0.6) is 0 Å². The minimum atomic E-state index is -0.473. The second kappa shape index (κ2) is 12.4. The Balaban J connectivity index is 1.25. The maximum absolute atomic E-state index is 15.5. The van der Waals surface area contributed by atoms with Crippen molar-refractivity contribution in [3.63, 3.8) is 0 Å². The molecule has 2 aromatic carbocycles. The zero-order valence-electron chi connectivity index (χ0n) is 27.5. The molecule has 0 saturated carbocycles. The van der Waals surface area contributed by atoms with Gasteiger partial charge in [-0.2, -0.15) is 0 Å². The molecule has 6 rings (SSSR count). The fraction of sp³-hybridized carbons (Fsp3) is 0.389. The van der Waals surface area contributed by atoms with E-state index in [9.17, 15) is 19.2 Å². The number of carbonyl (C=O) groups is 3. The minimum Gasteiger partial charge on any atom is -0.348 e. The van der Waals surface area contributed by atoms with Crippen LogP contribution in [0.4, 0.5) is 9.18 Å². The number of aryl methyl sites for hydroxylation is 3. The van der Waals surface area contributed by atoms with Crippen molar-refractivity contribution >= 4 is 28.7 Å². The topological polar surface area (TPSA) is 128 Å². The van der Waals surface area contributed by atoms with Crippen LogP contribution in [0.2, 0.25) is 0 Å². The number of H-pyrrole nitrogens is 1. The predicted molar refractivity (Wildman–Crippen MR) is 179 cm³/mol. The highest BCUT2D eigenvalue weighted by Gasteiger charge is 2.49. The Morgan fingerprint density at radius 1 is 1.00 bits per heavy atom. The molecule has 0 bridgehead atoms. The van der Waals surface area contributed by atoms with Crippen LogP contribution < -0.4 is 21.5 Å². The molecule has 2 fully saturated rings. The lowest BCUT2D eigenvalue weighted by Gasteiger charge is -2.47. The average molecular weight is 641 g/mol. The zero-order valence-corrected chi connectivity index (χ0v) is 27.5. The molecule has 2 saturated heterocycles. The number of aromatic amines is 1. The largest absolute Gasteiger partial charge is 0.348 e. The molecule has 0 unspecified atom stereocenters. The van der Waals surface area contributed by atoms with Gasteiger partial charge in [0.15, 0.2) is 0 Å². The van der Waals surface area contributed by atoms with Crippen molar-refractivity contribution in [2.75, 3.05) is 13.1 Å². The standard InChI is InChI=1S/C36H41FN6O4/c1-6-23(5)43-17-21(3)32-27(33(45)38-16-28-20(2)11-22(4)40-34(28)46)12-26(14-30(32)43)24-7-8-25(29(37)13-24)15-39-35(47)42-18-36(19-42)10-9-31(44)41-36/h7-8,11-14,17,23H,6,9-10,15-16,18-19H2,1-5H3,(H,38,45)(H,39,47)(H,40,46)(H,41,44)/t23-/m0/s1. The van der Waals surface area contributed by atoms with E-state index < -0.39 is 5.82 Å². The molecule has 0 radical (unpaired) electrons. The SMILES string of the molecule is CC[C@H](C)n1cc(C)c2c(C(=O)NCc3c(C)cc(C)[nH]c3=O)cc(-c3ccc(CNC(=O)N4CC5(CCC(=O)N5)C4)c(F)c3)cc21. The maximum Gasteiger partial charge on any atom is 0.317 e. The number of hydrogen-bond acceptors (Lipinski definition) is 4. The van der Waals surface area contributed by atoms with Crippen molar-refractivity contribution in [1.29, 1.82) is 0 Å². The van der Waals surface area contributed by atoms with Gasteiger partial charge in [0.2, 0.25) is 5.91 Å². The quantitative estimate of drug-likeness (QED) is 0.213. The molecular formula is C36H41FN6O4. The molecule has 4 aromatic rings. The van der Waals surface area contributed by atoms with E-state index in [1.165, 1.54) is 6.07 Å². The Labute approximate surface area is 272 Å². The first kappa shape index (κ1) is 32.0. The summed E-state index contributed by atoms with van der Waals surface area (Å²) >= 11 is 0. The normalized spacial score (nSPS) is 15.9. The first-order valence-corrected chi connectivity index (χ1v) is 16.1. The molecule has 1 spiro atoms. The number of likely N-dealkylation sites (tertiary alicyclic amines) is 1. The molecule has 4 N–H and O–H groups in total. The number of carbonyl (C=O) groups excluding carboxylic acids is 3. The molecule has 4 heterocycles. The summed E-state index contributed by atoms with van der Waals surface area (Å²) in [7, 11) is 0. The highest BCUT2D eigenvalue weighted by atomic mass is 19.1. The number of hydrogen-bond donors (Lipinski definition) is 4. The van der Waals surface area contributed by atoms with E-state index in [-0.39, 0.29) is 48.1 Å². The number of nitrogens with one attached hydrogen (secondary N) is 4. The van der Waals surface area contributed by atoms with Crippen LogP contribution in [0.25, 0.3) is 22.0 Å². The van der Waals surface area contributed by atoms with E-state index in [2.05, 4.69) is 39.3 Å². The van der Waals surface area contributed by atoms with Gasteiger partial charge >= 0.3 is 6.03 Å². The van der Waals surface area contributed by atoms with Crippen molar-refractivity contribution in [2.45, 2.75) is 78.6 Å². The van der Waals surface area contributed by atoms with Crippen molar-refractivity contribution in [3.8, 4) is 11.1 Å². The first-order valence-electron chi connectivity index (χ1n) is 16.1. The molecule has 4 amide bonds. The molecule has 0 aliphatic carbocycles. The third-order valence-electron chi connectivity index (χ3n) is 9.68. The number of benzene rings is 2. The second-order valence-corrected chi connectivity index (χ2v) is 13.2. The van der Waals surface area contributed by atoms with Crippen molar-refractivity contribution in [1.82, 2.24) is 30.4 Å². The average Bonchev–Trinajstić information content (AvgIpc) is 3.58. The molecule has 2 aliphatic heterocycles. The van der Waals surface area contributed by atoms with E-state index >= 15 is 4.39 Å². The van der Waals surface area contributed by atoms with Gasteiger partial charge in [0.25, 0.3) is 11.5 Å². The van der Waals surface area contributed by atoms with Crippen molar-refractivity contribution < 1.29 is 18.8 Å². The monoisotopic (exact) mass is 640 g/mol. The summed E-state index contributed by atoms with van der Waals surface area (Å²) in [5.74, 6) is -0.790. The fourth-order valence-electron chi connectivity index (χ4n) is 6.85. The molecule has 10 nitrogen and oxygen atoms in total. The van der Waals surface area contributed by atoms with Gasteiger partial charge in [0.05, 0.1) is 5.54 Å². The van der Waals surface area contributed by atoms with Gasteiger partial charge < -0.3 is 30.4 Å². The second-order valence-electron chi connectivity index (χ2n) is 13.2. The number of rotatable bonds is 8. The zero-order chi connectivity index (χ0) is 33.6. The number of pyridine rings is 1. The van der Waals surface area contributed by atoms with Gasteiger partial charge in [-0.25, -0.2) is 9.18 Å². The summed E-state index contributed by atoms with van der Waals surface area (Å²) in [6.45, 7) is 10.8. The molecular weight excluding hydrogens is 599 g/mol. The van der Waals surface area contributed by atoms with Crippen LogP contribution in [-0.4, -0.2) is 50.9 Å². The number of fused-ring (bicyclic) bond motifs is 1. The Kier molecular flexibility index (Phi) is 8.42. The van der Waals surface area contributed by atoms with E-state index in [4.69, 9.17) is 0 Å². The van der Waals surface area contributed by atoms with E-state index in [0.717, 1.165) is 40.6 Å². The summed E-state index contributed by atoms with van der Waals surface area (Å²) in [5, 5.41) is 9.50. The van der Waals surface area contributed by atoms with E-state index in [1.807, 2.05) is 39.1 Å². The summed E-state index contributed by atoms with van der Waals surface area (Å²) in [5.41, 5.74) is 5.36. The van der Waals surface area contributed by atoms with Crippen molar-refractivity contribution in [3.05, 3.63) is 92.3 Å². The minimum absolute atomic E-state index is 0.0104. The number of urea groups is 1. The molecule has 2 aromatic heterocycles. The lowest BCUT2D eigenvalue weighted by Crippen LogP contribution is -2.69. The molecule has 246 valence electrons. The predicted octanol–water partition coefficient (Wildman–Crippen LogP) is 5.14. The van der Waals surface area contributed by atoms with Crippen LogP contribution >= 0.6 is 0 Å². The van der Waals surface area contributed by atoms with Gasteiger partial charge in [-0.05, 0) is 87.1 Å². The molecule has 11 heteroatoms. The summed E-state index contributed by atoms with van der Waals surface area (Å²) < 4.78 is 17.6. The molecule has 1 atom stereocenters. The number of aromatic nitrogens is 2. The summed E-state index contributed by atoms with van der Waals surface area (Å²) in [6.07, 6.45) is 4.12. The smallest absolute Gasteiger partial charge is 0.317 e. The Hall–Kier alpha value is -4.93. The molecule has 47 heavy (non-hydrogen) atoms. The third kappa shape index (κ3) is 6.14. The molecule has 2 aliphatic rings. The van der Waals surface area contributed by atoms with Crippen molar-refractivity contribution in [2.24, 2.45) is 0 Å². The van der Waals surface area contributed by atoms with E-state index in [1.54, 1.807) is 23.1 Å². The van der Waals surface area contributed by atoms with Gasteiger partial charge in [0, 0.05) is 78.1 Å². The van der Waals surface area contributed by atoms with Gasteiger partial charge in [0.1, 0.15) is 5.82 Å². The van der Waals surface area contributed by atoms with Gasteiger partial charge in [-0.15, -0.1) is 0 Å². The lowest BCUT2D eigenvalue weighted by atomic mass is 9.89. The summed E-state index contributed by atoms with van der Waals surface area (Å²) in [6, 6.07) is 10.4. The highest BCUT2D eigenvalue weighted by molar-refractivity contribution is 6.09. The van der Waals surface area contributed by atoms with E-state index in [0.29, 0.717) is 47.3 Å². The fourth-order valence-corrected chi connectivity index (χ4v) is 6.85. The van der Waals surface area contributed by atoms with Crippen LogP contribution in [0.1, 0.15) is 77.5 Å². The number of amides is 4. The first-order chi connectivity index (χ1) is 22.4. The van der Waals surface area contributed by atoms with Gasteiger partial charge in [-0.1, -0.05) is 19.1 Å².